The van der Waals surface area contributed by atoms with Crippen LogP contribution < -0.4 is 15.5 Å². The minimum atomic E-state index is 0.0748. The van der Waals surface area contributed by atoms with E-state index in [1.54, 1.807) is 30.5 Å². The molecule has 22 heavy (non-hydrogen) atoms. The predicted molar refractivity (Wildman–Crippen MR) is 93.1 cm³/mol. The van der Waals surface area contributed by atoms with Crippen molar-refractivity contribution in [2.45, 2.75) is 0 Å². The molecule has 0 aliphatic carbocycles. The molecule has 2 aromatic rings. The van der Waals surface area contributed by atoms with Gasteiger partial charge in [0.15, 0.2) is 16.6 Å². The summed E-state index contributed by atoms with van der Waals surface area (Å²) in [6.45, 7) is 0. The molecule has 0 heterocycles. The summed E-state index contributed by atoms with van der Waals surface area (Å²) in [6, 6.07) is 12.1. The van der Waals surface area contributed by atoms with Gasteiger partial charge in [-0.05, 0) is 54.2 Å². The van der Waals surface area contributed by atoms with Gasteiger partial charge < -0.3 is 15.2 Å². The van der Waals surface area contributed by atoms with E-state index >= 15 is 0 Å². The second-order valence-corrected chi connectivity index (χ2v) is 5.11. The van der Waals surface area contributed by atoms with Crippen LogP contribution >= 0.6 is 23.8 Å². The summed E-state index contributed by atoms with van der Waals surface area (Å²) in [5, 5.41) is 17.4. The Bertz CT molecular complexity index is 707. The number of hydrogen-bond acceptors (Lipinski definition) is 4. The monoisotopic (exact) mass is 335 g/mol. The highest BCUT2D eigenvalue weighted by atomic mass is 35.5. The van der Waals surface area contributed by atoms with Crippen LogP contribution in [0.3, 0.4) is 0 Å². The summed E-state index contributed by atoms with van der Waals surface area (Å²) in [4.78, 5) is 0. The zero-order valence-corrected chi connectivity index (χ0v) is 13.3. The van der Waals surface area contributed by atoms with Crippen molar-refractivity contribution in [3.05, 3.63) is 53.1 Å². The largest absolute Gasteiger partial charge is 0.504 e. The average Bonchev–Trinajstić information content (AvgIpc) is 2.49. The molecule has 0 bridgehead atoms. The van der Waals surface area contributed by atoms with Gasteiger partial charge in [0, 0.05) is 10.7 Å². The number of ether oxygens (including phenoxy) is 1. The Labute approximate surface area is 138 Å². The van der Waals surface area contributed by atoms with E-state index in [-0.39, 0.29) is 5.75 Å². The molecule has 0 aliphatic heterocycles. The SMILES string of the molecule is COc1cc(/C=N\NC(=S)Nc2cccc(Cl)c2)ccc1O. The van der Waals surface area contributed by atoms with Crippen molar-refractivity contribution in [3.8, 4) is 11.5 Å². The summed E-state index contributed by atoms with van der Waals surface area (Å²) in [6.07, 6.45) is 1.56. The van der Waals surface area contributed by atoms with E-state index in [1.165, 1.54) is 13.2 Å². The summed E-state index contributed by atoms with van der Waals surface area (Å²) in [5.41, 5.74) is 4.22. The molecule has 2 rings (SSSR count). The molecule has 0 fully saturated rings. The molecule has 7 heteroatoms. The van der Waals surface area contributed by atoms with Gasteiger partial charge in [-0.25, -0.2) is 0 Å². The Morgan fingerprint density at radius 3 is 2.86 bits per heavy atom. The first-order valence-corrected chi connectivity index (χ1v) is 7.10. The zero-order valence-electron chi connectivity index (χ0n) is 11.7. The van der Waals surface area contributed by atoms with E-state index in [4.69, 9.17) is 28.6 Å². The van der Waals surface area contributed by atoms with Crippen LogP contribution in [0, 0.1) is 0 Å². The second-order valence-electron chi connectivity index (χ2n) is 4.27. The molecule has 114 valence electrons. The van der Waals surface area contributed by atoms with Crippen LogP contribution in [0.4, 0.5) is 5.69 Å². The molecule has 0 unspecified atom stereocenters. The number of nitrogens with zero attached hydrogens (tertiary/aromatic N) is 1. The van der Waals surface area contributed by atoms with Crippen molar-refractivity contribution < 1.29 is 9.84 Å². The average molecular weight is 336 g/mol. The van der Waals surface area contributed by atoms with E-state index < -0.39 is 0 Å². The molecule has 0 amide bonds. The lowest BCUT2D eigenvalue weighted by atomic mass is 10.2. The fourth-order valence-electron chi connectivity index (χ4n) is 1.67. The lowest BCUT2D eigenvalue weighted by Crippen LogP contribution is -2.23. The summed E-state index contributed by atoms with van der Waals surface area (Å²) in [7, 11) is 1.48. The van der Waals surface area contributed by atoms with Crippen molar-refractivity contribution in [1.82, 2.24) is 5.43 Å². The number of anilines is 1. The van der Waals surface area contributed by atoms with E-state index in [0.717, 1.165) is 11.3 Å². The summed E-state index contributed by atoms with van der Waals surface area (Å²) < 4.78 is 5.02. The Kier molecular flexibility index (Phi) is 5.57. The highest BCUT2D eigenvalue weighted by molar-refractivity contribution is 7.80. The first kappa shape index (κ1) is 16.1. The van der Waals surface area contributed by atoms with Gasteiger partial charge in [-0.3, -0.25) is 5.43 Å². The van der Waals surface area contributed by atoms with Crippen LogP contribution in [0.15, 0.2) is 47.6 Å². The smallest absolute Gasteiger partial charge is 0.191 e. The predicted octanol–water partition coefficient (Wildman–Crippen LogP) is 3.37. The van der Waals surface area contributed by atoms with Crippen LogP contribution in [0.5, 0.6) is 11.5 Å². The van der Waals surface area contributed by atoms with Crippen molar-refractivity contribution in [3.63, 3.8) is 0 Å². The molecule has 0 atom stereocenters. The fourth-order valence-corrected chi connectivity index (χ4v) is 2.03. The minimum Gasteiger partial charge on any atom is -0.504 e. The minimum absolute atomic E-state index is 0.0748. The van der Waals surface area contributed by atoms with Gasteiger partial charge in [-0.15, -0.1) is 0 Å². The maximum Gasteiger partial charge on any atom is 0.191 e. The number of hydrazone groups is 1. The van der Waals surface area contributed by atoms with Crippen LogP contribution in [-0.2, 0) is 0 Å². The van der Waals surface area contributed by atoms with E-state index in [0.29, 0.717) is 15.9 Å². The topological polar surface area (TPSA) is 65.9 Å². The van der Waals surface area contributed by atoms with E-state index in [1.807, 2.05) is 12.1 Å². The lowest BCUT2D eigenvalue weighted by Gasteiger charge is -2.07. The van der Waals surface area contributed by atoms with Crippen LogP contribution in [0.2, 0.25) is 5.02 Å². The van der Waals surface area contributed by atoms with Gasteiger partial charge in [0.1, 0.15) is 0 Å². The molecular weight excluding hydrogens is 322 g/mol. The maximum atomic E-state index is 9.51. The number of benzene rings is 2. The van der Waals surface area contributed by atoms with Gasteiger partial charge in [0.05, 0.1) is 13.3 Å². The van der Waals surface area contributed by atoms with Crippen LogP contribution in [-0.4, -0.2) is 23.5 Å². The van der Waals surface area contributed by atoms with Gasteiger partial charge in [0.25, 0.3) is 0 Å². The third-order valence-electron chi connectivity index (χ3n) is 2.67. The third kappa shape index (κ3) is 4.61. The van der Waals surface area contributed by atoms with Gasteiger partial charge >= 0.3 is 0 Å². The van der Waals surface area contributed by atoms with E-state index in [9.17, 15) is 5.11 Å². The van der Waals surface area contributed by atoms with Crippen LogP contribution in [0.1, 0.15) is 5.56 Å². The zero-order chi connectivity index (χ0) is 15.9. The molecule has 0 spiro atoms. The highest BCUT2D eigenvalue weighted by Gasteiger charge is 2.01. The maximum absolute atomic E-state index is 9.51. The number of phenols is 1. The number of hydrogen-bond donors (Lipinski definition) is 3. The molecule has 0 radical (unpaired) electrons. The molecule has 0 aromatic heterocycles. The number of halogens is 1. The third-order valence-corrected chi connectivity index (χ3v) is 3.09. The summed E-state index contributed by atoms with van der Waals surface area (Å²) >= 11 is 11.0. The van der Waals surface area contributed by atoms with E-state index in [2.05, 4.69) is 15.8 Å². The molecular formula is C15H14ClN3O2S. The Balaban J connectivity index is 1.93. The lowest BCUT2D eigenvalue weighted by molar-refractivity contribution is 0.373. The fraction of sp³-hybridized carbons (Fsp3) is 0.0667. The molecule has 0 aliphatic rings. The summed E-state index contributed by atoms with van der Waals surface area (Å²) in [5.74, 6) is 0.453. The normalized spacial score (nSPS) is 10.5. The van der Waals surface area contributed by atoms with Crippen molar-refractivity contribution >= 4 is 40.8 Å². The highest BCUT2D eigenvalue weighted by Crippen LogP contribution is 2.25. The Morgan fingerprint density at radius 2 is 2.14 bits per heavy atom. The molecule has 5 nitrogen and oxygen atoms in total. The van der Waals surface area contributed by atoms with Gasteiger partial charge in [0.2, 0.25) is 0 Å². The number of nitrogens with one attached hydrogen (secondary N) is 2. The van der Waals surface area contributed by atoms with Crippen LogP contribution in [0.25, 0.3) is 0 Å². The number of methoxy groups -OCH3 is 1. The first-order valence-electron chi connectivity index (χ1n) is 6.31. The van der Waals surface area contributed by atoms with Crippen molar-refractivity contribution in [1.29, 1.82) is 0 Å². The molecule has 2 aromatic carbocycles. The standard InChI is InChI=1S/C15H14ClN3O2S/c1-21-14-7-10(5-6-13(14)20)9-17-19-15(22)18-12-4-2-3-11(16)8-12/h2-9,20H,1H3,(H2,18,19,22)/b17-9-. The first-order chi connectivity index (χ1) is 10.6. The Hall–Kier alpha value is -2.31. The molecule has 3 N–H and O–H groups in total. The number of thiocarbonyl (C=S) groups is 1. The number of aromatic hydroxyl groups is 1. The van der Waals surface area contributed by atoms with Gasteiger partial charge in [-0.2, -0.15) is 5.10 Å². The molecule has 0 saturated heterocycles. The quantitative estimate of drug-likeness (QED) is 0.454. The number of phenolic OH excluding ortho intramolecular Hbond substituents is 1. The number of rotatable bonds is 4. The van der Waals surface area contributed by atoms with Crippen molar-refractivity contribution in [2.75, 3.05) is 12.4 Å². The second kappa shape index (κ2) is 7.63. The van der Waals surface area contributed by atoms with Crippen molar-refractivity contribution in [2.24, 2.45) is 5.10 Å². The molecule has 0 saturated carbocycles. The van der Waals surface area contributed by atoms with Gasteiger partial charge in [-0.1, -0.05) is 17.7 Å². The Morgan fingerprint density at radius 1 is 1.32 bits per heavy atom.